The number of aldehydes is 1. The van der Waals surface area contributed by atoms with E-state index in [1.54, 1.807) is 11.3 Å². The molecule has 0 atom stereocenters. The molecular formula is C17H28N2OS. The fourth-order valence-corrected chi connectivity index (χ4v) is 4.34. The molecule has 1 aliphatic heterocycles. The summed E-state index contributed by atoms with van der Waals surface area (Å²) in [4.78, 5) is 19.3. The number of hydrogen-bond donors (Lipinski definition) is 0. The number of nitrogens with zero attached hydrogens (tertiary/aromatic N) is 2. The number of anilines is 1. The smallest absolute Gasteiger partial charge is 0.186 e. The Bertz CT molecular complexity index is 487. The molecule has 1 aliphatic rings. The molecule has 0 spiro atoms. The maximum absolute atomic E-state index is 11.3. The molecule has 3 nitrogen and oxygen atoms in total. The van der Waals surface area contributed by atoms with Crippen LogP contribution in [0.4, 0.5) is 5.13 Å². The van der Waals surface area contributed by atoms with Gasteiger partial charge >= 0.3 is 0 Å². The van der Waals surface area contributed by atoms with Gasteiger partial charge in [-0.15, -0.1) is 0 Å². The van der Waals surface area contributed by atoms with E-state index in [1.807, 2.05) is 0 Å². The SMILES string of the molecule is CCC1(CC)CCN(c2nc(C(C)(C)C)c(C=O)s2)CC1. The lowest BCUT2D eigenvalue weighted by atomic mass is 9.74. The monoisotopic (exact) mass is 308 g/mol. The highest BCUT2D eigenvalue weighted by atomic mass is 32.1. The van der Waals surface area contributed by atoms with Crippen molar-refractivity contribution in [2.24, 2.45) is 5.41 Å². The van der Waals surface area contributed by atoms with E-state index < -0.39 is 0 Å². The number of rotatable bonds is 4. The first-order valence-corrected chi connectivity index (χ1v) is 8.88. The Morgan fingerprint density at radius 1 is 1.24 bits per heavy atom. The summed E-state index contributed by atoms with van der Waals surface area (Å²) in [5.41, 5.74) is 1.39. The van der Waals surface area contributed by atoms with Crippen LogP contribution in [0.25, 0.3) is 0 Å². The number of aromatic nitrogens is 1. The first kappa shape index (κ1) is 16.5. The van der Waals surface area contributed by atoms with Crippen LogP contribution in [-0.4, -0.2) is 24.4 Å². The molecule has 0 aliphatic carbocycles. The number of piperidine rings is 1. The summed E-state index contributed by atoms with van der Waals surface area (Å²) in [5.74, 6) is 0. The minimum absolute atomic E-state index is 0.0720. The second-order valence-corrected chi connectivity index (χ2v) is 8.28. The summed E-state index contributed by atoms with van der Waals surface area (Å²) in [6, 6.07) is 0. The van der Waals surface area contributed by atoms with E-state index in [2.05, 4.69) is 39.5 Å². The van der Waals surface area contributed by atoms with Crippen LogP contribution >= 0.6 is 11.3 Å². The molecule has 0 unspecified atom stereocenters. The van der Waals surface area contributed by atoms with Crippen molar-refractivity contribution in [2.75, 3.05) is 18.0 Å². The van der Waals surface area contributed by atoms with Gasteiger partial charge in [-0.25, -0.2) is 4.98 Å². The molecule has 0 saturated carbocycles. The highest BCUT2D eigenvalue weighted by molar-refractivity contribution is 7.17. The van der Waals surface area contributed by atoms with Gasteiger partial charge in [-0.2, -0.15) is 0 Å². The Kier molecular flexibility index (Phi) is 4.76. The van der Waals surface area contributed by atoms with Crippen molar-refractivity contribution >= 4 is 22.8 Å². The molecule has 21 heavy (non-hydrogen) atoms. The molecular weight excluding hydrogens is 280 g/mol. The van der Waals surface area contributed by atoms with E-state index in [4.69, 9.17) is 4.98 Å². The number of carbonyl (C=O) groups excluding carboxylic acids is 1. The van der Waals surface area contributed by atoms with Crippen molar-refractivity contribution in [1.82, 2.24) is 4.98 Å². The minimum Gasteiger partial charge on any atom is -0.348 e. The molecule has 0 amide bonds. The van der Waals surface area contributed by atoms with E-state index >= 15 is 0 Å². The fourth-order valence-electron chi connectivity index (χ4n) is 3.20. The van der Waals surface area contributed by atoms with Gasteiger partial charge in [0.15, 0.2) is 11.4 Å². The number of hydrogen-bond acceptors (Lipinski definition) is 4. The summed E-state index contributed by atoms with van der Waals surface area (Å²) in [5, 5.41) is 1.03. The predicted molar refractivity (Wildman–Crippen MR) is 90.7 cm³/mol. The third-order valence-corrected chi connectivity index (χ3v) is 6.10. The van der Waals surface area contributed by atoms with E-state index in [9.17, 15) is 4.79 Å². The van der Waals surface area contributed by atoms with E-state index in [0.717, 1.165) is 35.1 Å². The largest absolute Gasteiger partial charge is 0.348 e. The lowest BCUT2D eigenvalue weighted by Crippen LogP contribution is -2.39. The van der Waals surface area contributed by atoms with Gasteiger partial charge < -0.3 is 4.90 Å². The number of carbonyl (C=O) groups is 1. The van der Waals surface area contributed by atoms with Gasteiger partial charge in [-0.3, -0.25) is 4.79 Å². The Balaban J connectivity index is 2.18. The third-order valence-electron chi connectivity index (χ3n) is 5.05. The molecule has 4 heteroatoms. The van der Waals surface area contributed by atoms with Crippen LogP contribution in [-0.2, 0) is 5.41 Å². The quantitative estimate of drug-likeness (QED) is 0.758. The molecule has 2 rings (SSSR count). The third kappa shape index (κ3) is 3.31. The molecule has 118 valence electrons. The average molecular weight is 308 g/mol. The summed E-state index contributed by atoms with van der Waals surface area (Å²) in [7, 11) is 0. The molecule has 0 aromatic carbocycles. The van der Waals surface area contributed by atoms with E-state index in [1.165, 1.54) is 25.7 Å². The average Bonchev–Trinajstić information content (AvgIpc) is 2.92. The van der Waals surface area contributed by atoms with Crippen LogP contribution < -0.4 is 4.90 Å². The van der Waals surface area contributed by atoms with Crippen LogP contribution in [0, 0.1) is 5.41 Å². The van der Waals surface area contributed by atoms with E-state index in [0.29, 0.717) is 5.41 Å². The zero-order valence-electron chi connectivity index (χ0n) is 14.0. The second kappa shape index (κ2) is 6.07. The standard InChI is InChI=1S/C17H28N2OS/c1-6-17(7-2)8-10-19(11-9-17)15-18-14(16(3,4)5)13(12-20)21-15/h12H,6-11H2,1-5H3. The summed E-state index contributed by atoms with van der Waals surface area (Å²) in [6.45, 7) is 13.1. The zero-order valence-corrected chi connectivity index (χ0v) is 14.8. The summed E-state index contributed by atoms with van der Waals surface area (Å²) in [6.07, 6.45) is 5.97. The summed E-state index contributed by atoms with van der Waals surface area (Å²) >= 11 is 1.55. The van der Waals surface area contributed by atoms with Crippen molar-refractivity contribution in [3.63, 3.8) is 0 Å². The fraction of sp³-hybridized carbons (Fsp3) is 0.765. The lowest BCUT2D eigenvalue weighted by molar-refractivity contribution is 0.112. The van der Waals surface area contributed by atoms with Gasteiger partial charge in [0.1, 0.15) is 0 Å². The first-order chi connectivity index (χ1) is 9.85. The molecule has 2 heterocycles. The van der Waals surface area contributed by atoms with Gasteiger partial charge in [0.2, 0.25) is 0 Å². The number of thiazole rings is 1. The molecule has 1 aromatic heterocycles. The Morgan fingerprint density at radius 3 is 2.19 bits per heavy atom. The van der Waals surface area contributed by atoms with Gasteiger partial charge in [-0.05, 0) is 18.3 Å². The van der Waals surface area contributed by atoms with E-state index in [-0.39, 0.29) is 5.41 Å². The van der Waals surface area contributed by atoms with Gasteiger partial charge in [0.25, 0.3) is 0 Å². The van der Waals surface area contributed by atoms with Crippen molar-refractivity contribution in [3.05, 3.63) is 10.6 Å². The van der Waals surface area contributed by atoms with Crippen LogP contribution in [0.15, 0.2) is 0 Å². The van der Waals surface area contributed by atoms with Gasteiger partial charge in [-0.1, -0.05) is 58.8 Å². The molecule has 1 aromatic rings. The molecule has 1 fully saturated rings. The Morgan fingerprint density at radius 2 is 1.81 bits per heavy atom. The Labute approximate surface area is 132 Å². The topological polar surface area (TPSA) is 33.2 Å². The van der Waals surface area contributed by atoms with Crippen LogP contribution in [0.1, 0.15) is 75.7 Å². The molecule has 0 N–H and O–H groups in total. The van der Waals surface area contributed by atoms with Crippen molar-refractivity contribution < 1.29 is 4.79 Å². The normalized spacial score (nSPS) is 18.8. The lowest BCUT2D eigenvalue weighted by Gasteiger charge is -2.41. The maximum atomic E-state index is 11.3. The van der Waals surface area contributed by atoms with Crippen molar-refractivity contribution in [2.45, 2.75) is 65.7 Å². The second-order valence-electron chi connectivity index (χ2n) is 7.27. The Hall–Kier alpha value is -0.900. The highest BCUT2D eigenvalue weighted by Gasteiger charge is 2.33. The molecule has 0 radical (unpaired) electrons. The van der Waals surface area contributed by atoms with Crippen LogP contribution in [0.5, 0.6) is 0 Å². The van der Waals surface area contributed by atoms with Crippen molar-refractivity contribution in [3.8, 4) is 0 Å². The van der Waals surface area contributed by atoms with Crippen LogP contribution in [0.2, 0.25) is 0 Å². The minimum atomic E-state index is -0.0720. The van der Waals surface area contributed by atoms with Crippen LogP contribution in [0.3, 0.4) is 0 Å². The first-order valence-electron chi connectivity index (χ1n) is 8.06. The maximum Gasteiger partial charge on any atom is 0.186 e. The van der Waals surface area contributed by atoms with Gasteiger partial charge in [0.05, 0.1) is 10.6 Å². The molecule has 0 bridgehead atoms. The predicted octanol–water partition coefficient (Wildman–Crippen LogP) is 4.66. The van der Waals surface area contributed by atoms with Crippen molar-refractivity contribution in [1.29, 1.82) is 0 Å². The highest BCUT2D eigenvalue weighted by Crippen LogP contribution is 2.41. The zero-order chi connectivity index (χ0) is 15.7. The molecule has 1 saturated heterocycles. The summed E-state index contributed by atoms with van der Waals surface area (Å²) < 4.78 is 0. The van der Waals surface area contributed by atoms with Gasteiger partial charge in [0, 0.05) is 18.5 Å².